The van der Waals surface area contributed by atoms with Crippen LogP contribution >= 0.6 is 0 Å². The van der Waals surface area contributed by atoms with Gasteiger partial charge in [0.05, 0.1) is 11.1 Å². The first-order valence-corrected chi connectivity index (χ1v) is 5.48. The first kappa shape index (κ1) is 13.4. The quantitative estimate of drug-likeness (QED) is 0.885. The van der Waals surface area contributed by atoms with Crippen LogP contribution in [0, 0.1) is 0 Å². The van der Waals surface area contributed by atoms with Crippen LogP contribution in [0.25, 0.3) is 0 Å². The van der Waals surface area contributed by atoms with E-state index in [1.54, 1.807) is 0 Å². The highest BCUT2D eigenvalue weighted by atomic mass is 19.4. The maximum atomic E-state index is 12.3. The summed E-state index contributed by atoms with van der Waals surface area (Å²) >= 11 is 0. The predicted octanol–water partition coefficient (Wildman–Crippen LogP) is 2.05. The number of carboxylic acid groups (broad SMARTS) is 1. The Bertz CT molecular complexity index is 535. The van der Waals surface area contributed by atoms with E-state index in [0.29, 0.717) is 12.8 Å². The summed E-state index contributed by atoms with van der Waals surface area (Å²) in [5.41, 5.74) is -1.09. The van der Waals surface area contributed by atoms with Crippen molar-refractivity contribution in [3.05, 3.63) is 35.4 Å². The lowest BCUT2D eigenvalue weighted by molar-refractivity contribution is -0.174. The van der Waals surface area contributed by atoms with Gasteiger partial charge in [0.25, 0.3) is 0 Å². The zero-order chi connectivity index (χ0) is 14.3. The van der Waals surface area contributed by atoms with Gasteiger partial charge in [-0.2, -0.15) is 13.2 Å². The summed E-state index contributed by atoms with van der Waals surface area (Å²) in [4.78, 5) is 22.0. The third-order valence-electron chi connectivity index (χ3n) is 3.03. The minimum absolute atomic E-state index is 0.0949. The van der Waals surface area contributed by atoms with Gasteiger partial charge >= 0.3 is 18.1 Å². The minimum Gasteiger partial charge on any atom is -0.478 e. The van der Waals surface area contributed by atoms with E-state index in [0.717, 1.165) is 0 Å². The molecule has 0 bridgehead atoms. The standard InChI is InChI=1S/C12H10F3NO3/c13-12(14,15)10(19)16-11(5-6-11)8-4-2-1-3-7(8)9(17)18/h1-4H,5-6H2,(H,16,19)(H,17,18). The van der Waals surface area contributed by atoms with Gasteiger partial charge in [0.2, 0.25) is 0 Å². The SMILES string of the molecule is O=C(O)c1ccccc1C1(NC(=O)C(F)(F)F)CC1. The molecule has 0 radical (unpaired) electrons. The molecule has 0 spiro atoms. The Morgan fingerprint density at radius 2 is 1.79 bits per heavy atom. The van der Waals surface area contributed by atoms with Gasteiger partial charge < -0.3 is 10.4 Å². The molecule has 1 aliphatic carbocycles. The largest absolute Gasteiger partial charge is 0.478 e. The van der Waals surface area contributed by atoms with Gasteiger partial charge in [0, 0.05) is 0 Å². The number of amides is 1. The number of hydrogen-bond acceptors (Lipinski definition) is 2. The van der Waals surface area contributed by atoms with Crippen LogP contribution in [0.5, 0.6) is 0 Å². The summed E-state index contributed by atoms with van der Waals surface area (Å²) < 4.78 is 36.8. The average molecular weight is 273 g/mol. The van der Waals surface area contributed by atoms with Gasteiger partial charge in [0.1, 0.15) is 0 Å². The number of aromatic carboxylic acids is 1. The third-order valence-corrected chi connectivity index (χ3v) is 3.03. The Morgan fingerprint density at radius 3 is 2.26 bits per heavy atom. The van der Waals surface area contributed by atoms with E-state index in [2.05, 4.69) is 0 Å². The Balaban J connectivity index is 2.32. The van der Waals surface area contributed by atoms with Crippen LogP contribution in [0.2, 0.25) is 0 Å². The Morgan fingerprint density at radius 1 is 1.21 bits per heavy atom. The van der Waals surface area contributed by atoms with Crippen molar-refractivity contribution < 1.29 is 27.9 Å². The first-order valence-electron chi connectivity index (χ1n) is 5.48. The van der Waals surface area contributed by atoms with Crippen molar-refractivity contribution in [2.24, 2.45) is 0 Å². The summed E-state index contributed by atoms with van der Waals surface area (Å²) in [6, 6.07) is 5.74. The van der Waals surface area contributed by atoms with Crippen molar-refractivity contribution in [1.82, 2.24) is 5.32 Å². The number of hydrogen-bond donors (Lipinski definition) is 2. The Kier molecular flexibility index (Phi) is 3.00. The van der Waals surface area contributed by atoms with Gasteiger partial charge in [-0.15, -0.1) is 0 Å². The van der Waals surface area contributed by atoms with E-state index >= 15 is 0 Å². The van der Waals surface area contributed by atoms with E-state index in [-0.39, 0.29) is 11.1 Å². The molecule has 1 aromatic rings. The fourth-order valence-electron chi connectivity index (χ4n) is 1.96. The molecule has 102 valence electrons. The van der Waals surface area contributed by atoms with Crippen molar-refractivity contribution in [2.75, 3.05) is 0 Å². The average Bonchev–Trinajstić information content (AvgIpc) is 3.08. The third kappa shape index (κ3) is 2.54. The molecule has 1 fully saturated rings. The first-order chi connectivity index (χ1) is 8.76. The molecule has 4 nitrogen and oxygen atoms in total. The summed E-state index contributed by atoms with van der Waals surface area (Å²) in [5.74, 6) is -3.28. The zero-order valence-corrected chi connectivity index (χ0v) is 9.62. The maximum Gasteiger partial charge on any atom is 0.471 e. The van der Waals surface area contributed by atoms with E-state index in [1.807, 2.05) is 5.32 Å². The molecule has 7 heteroatoms. The number of rotatable bonds is 3. The second kappa shape index (κ2) is 4.25. The fraction of sp³-hybridized carbons (Fsp3) is 0.333. The highest BCUT2D eigenvalue weighted by Gasteiger charge is 2.52. The van der Waals surface area contributed by atoms with E-state index in [9.17, 15) is 22.8 Å². The predicted molar refractivity (Wildman–Crippen MR) is 58.5 cm³/mol. The molecule has 1 amide bonds. The van der Waals surface area contributed by atoms with Crippen molar-refractivity contribution in [1.29, 1.82) is 0 Å². The second-order valence-corrected chi connectivity index (χ2v) is 4.38. The van der Waals surface area contributed by atoms with Crippen LogP contribution in [0.1, 0.15) is 28.8 Å². The fourth-order valence-corrected chi connectivity index (χ4v) is 1.96. The lowest BCUT2D eigenvalue weighted by Gasteiger charge is -2.20. The minimum atomic E-state index is -4.98. The van der Waals surface area contributed by atoms with Gasteiger partial charge in [-0.1, -0.05) is 18.2 Å². The zero-order valence-electron chi connectivity index (χ0n) is 9.62. The molecule has 2 rings (SSSR count). The van der Waals surface area contributed by atoms with Crippen molar-refractivity contribution in [3.63, 3.8) is 0 Å². The number of nitrogens with one attached hydrogen (secondary N) is 1. The monoisotopic (exact) mass is 273 g/mol. The lowest BCUT2D eigenvalue weighted by Crippen LogP contribution is -2.43. The maximum absolute atomic E-state index is 12.3. The smallest absolute Gasteiger partial charge is 0.471 e. The molecule has 0 unspecified atom stereocenters. The van der Waals surface area contributed by atoms with Gasteiger partial charge in [0.15, 0.2) is 0 Å². The molecule has 1 aromatic carbocycles. The molecule has 0 atom stereocenters. The Hall–Kier alpha value is -2.05. The lowest BCUT2D eigenvalue weighted by atomic mass is 9.98. The summed E-state index contributed by atoms with van der Waals surface area (Å²) in [6.07, 6.45) is -4.40. The molecule has 0 aromatic heterocycles. The van der Waals surface area contributed by atoms with Crippen molar-refractivity contribution in [3.8, 4) is 0 Å². The van der Waals surface area contributed by atoms with Crippen LogP contribution in [-0.4, -0.2) is 23.2 Å². The molecule has 0 saturated heterocycles. The van der Waals surface area contributed by atoms with Gasteiger partial charge in [-0.05, 0) is 24.5 Å². The van der Waals surface area contributed by atoms with Gasteiger partial charge in [-0.25, -0.2) is 4.79 Å². The molecule has 1 aliphatic rings. The summed E-state index contributed by atoms with van der Waals surface area (Å²) in [7, 11) is 0. The van der Waals surface area contributed by atoms with Gasteiger partial charge in [-0.3, -0.25) is 4.79 Å². The number of benzene rings is 1. The molecule has 0 heterocycles. The highest BCUT2D eigenvalue weighted by molar-refractivity contribution is 5.91. The molecule has 19 heavy (non-hydrogen) atoms. The number of halogens is 3. The highest BCUT2D eigenvalue weighted by Crippen LogP contribution is 2.47. The molecule has 1 saturated carbocycles. The van der Waals surface area contributed by atoms with E-state index < -0.39 is 23.6 Å². The molecule has 0 aliphatic heterocycles. The molecule has 2 N–H and O–H groups in total. The van der Waals surface area contributed by atoms with E-state index in [1.165, 1.54) is 24.3 Å². The number of alkyl halides is 3. The molecular weight excluding hydrogens is 263 g/mol. The summed E-state index contributed by atoms with van der Waals surface area (Å²) in [5, 5.41) is 10.9. The van der Waals surface area contributed by atoms with Crippen molar-refractivity contribution in [2.45, 2.75) is 24.6 Å². The van der Waals surface area contributed by atoms with Crippen LogP contribution in [0.4, 0.5) is 13.2 Å². The van der Waals surface area contributed by atoms with Crippen LogP contribution < -0.4 is 5.32 Å². The van der Waals surface area contributed by atoms with Crippen molar-refractivity contribution >= 4 is 11.9 Å². The van der Waals surface area contributed by atoms with Crippen LogP contribution in [0.3, 0.4) is 0 Å². The van der Waals surface area contributed by atoms with Crippen LogP contribution in [0.15, 0.2) is 24.3 Å². The number of carbonyl (C=O) groups excluding carboxylic acids is 1. The van der Waals surface area contributed by atoms with E-state index in [4.69, 9.17) is 5.11 Å². The second-order valence-electron chi connectivity index (χ2n) is 4.38. The molecular formula is C12H10F3NO3. The van der Waals surface area contributed by atoms with Crippen LogP contribution in [-0.2, 0) is 10.3 Å². The number of carboxylic acids is 1. The summed E-state index contributed by atoms with van der Waals surface area (Å²) in [6.45, 7) is 0. The normalized spacial score (nSPS) is 16.8. The number of carbonyl (C=O) groups is 2. The Labute approximate surface area is 106 Å². The topological polar surface area (TPSA) is 66.4 Å².